The average molecular weight is 439 g/mol. The summed E-state index contributed by atoms with van der Waals surface area (Å²) in [5.74, 6) is -0.196. The molecule has 2 aromatic heterocycles. The largest absolute Gasteiger partial charge is 0.352 e. The molecular formula is C24H27ClN4O2. The van der Waals surface area contributed by atoms with E-state index in [1.807, 2.05) is 56.4 Å². The molecule has 3 rings (SSSR count). The van der Waals surface area contributed by atoms with Crippen molar-refractivity contribution in [2.75, 3.05) is 7.05 Å². The summed E-state index contributed by atoms with van der Waals surface area (Å²) in [4.78, 5) is 29.9. The quantitative estimate of drug-likeness (QED) is 0.538. The first kappa shape index (κ1) is 22.7. The Morgan fingerprint density at radius 1 is 1.13 bits per heavy atom. The van der Waals surface area contributed by atoms with Crippen LogP contribution in [0, 0.1) is 6.92 Å². The topological polar surface area (TPSA) is 76.0 Å². The number of carbonyl (C=O) groups excluding carboxylic acids is 1. The number of aryl methyl sites for hydroxylation is 3. The van der Waals surface area contributed by atoms with E-state index in [1.165, 1.54) is 0 Å². The van der Waals surface area contributed by atoms with Crippen LogP contribution < -0.4 is 16.2 Å². The third kappa shape index (κ3) is 6.26. The minimum Gasteiger partial charge on any atom is -0.352 e. The third-order valence-corrected chi connectivity index (χ3v) is 5.42. The molecular weight excluding hydrogens is 412 g/mol. The molecule has 0 saturated carbocycles. The summed E-state index contributed by atoms with van der Waals surface area (Å²) in [6, 6.07) is 13.2. The number of benzene rings is 1. The maximum atomic E-state index is 12.9. The van der Waals surface area contributed by atoms with Gasteiger partial charge in [0.2, 0.25) is 5.91 Å². The number of rotatable bonds is 9. The second kappa shape index (κ2) is 10.9. The van der Waals surface area contributed by atoms with Gasteiger partial charge in [0, 0.05) is 54.7 Å². The van der Waals surface area contributed by atoms with Crippen LogP contribution >= 0.6 is 11.6 Å². The van der Waals surface area contributed by atoms with Gasteiger partial charge in [-0.3, -0.25) is 14.6 Å². The minimum absolute atomic E-state index is 0.0387. The fourth-order valence-electron chi connectivity index (χ4n) is 3.42. The Balaban J connectivity index is 1.67. The molecule has 0 aliphatic carbocycles. The number of hydrogen-bond acceptors (Lipinski definition) is 4. The van der Waals surface area contributed by atoms with Gasteiger partial charge in [-0.1, -0.05) is 23.7 Å². The van der Waals surface area contributed by atoms with E-state index >= 15 is 0 Å². The molecule has 0 atom stereocenters. The van der Waals surface area contributed by atoms with Crippen molar-refractivity contribution in [1.82, 2.24) is 20.2 Å². The molecule has 3 aromatic rings. The highest BCUT2D eigenvalue weighted by Gasteiger charge is 2.13. The fraction of sp³-hybridized carbons (Fsp3) is 0.292. The Labute approximate surface area is 187 Å². The van der Waals surface area contributed by atoms with Gasteiger partial charge in [0.1, 0.15) is 0 Å². The first-order chi connectivity index (χ1) is 15.0. The summed E-state index contributed by atoms with van der Waals surface area (Å²) in [5.41, 5.74) is 4.14. The lowest BCUT2D eigenvalue weighted by molar-refractivity contribution is -0.120. The molecule has 2 N–H and O–H groups in total. The predicted octanol–water partition coefficient (Wildman–Crippen LogP) is 3.03. The number of aromatic nitrogens is 2. The molecule has 31 heavy (non-hydrogen) atoms. The number of halogens is 1. The zero-order valence-electron chi connectivity index (χ0n) is 17.8. The Bertz CT molecular complexity index is 1100. The fourth-order valence-corrected chi connectivity index (χ4v) is 3.62. The van der Waals surface area contributed by atoms with Gasteiger partial charge in [-0.2, -0.15) is 0 Å². The molecule has 0 saturated heterocycles. The standard InChI is InChI=1S/C24H27ClN4O2/c1-17-8-11-29(12-9-21-5-3-4-10-27-21)24(31)22(17)14-23(30)28-16-19-13-20(25)7-6-18(19)15-26-2/h3-8,10-11,13,26H,9,12,14-16H2,1-2H3,(H,28,30). The first-order valence-corrected chi connectivity index (χ1v) is 10.6. The van der Waals surface area contributed by atoms with Crippen molar-refractivity contribution in [2.45, 2.75) is 39.4 Å². The van der Waals surface area contributed by atoms with Gasteiger partial charge in [0.05, 0.1) is 6.42 Å². The molecule has 0 spiro atoms. The van der Waals surface area contributed by atoms with Gasteiger partial charge in [0.15, 0.2) is 0 Å². The number of carbonyl (C=O) groups is 1. The number of nitrogens with zero attached hydrogens (tertiary/aromatic N) is 2. The Kier molecular flexibility index (Phi) is 7.98. The van der Waals surface area contributed by atoms with Crippen LogP contribution in [-0.2, 0) is 37.3 Å². The zero-order chi connectivity index (χ0) is 22.2. The average Bonchev–Trinajstić information content (AvgIpc) is 2.77. The van der Waals surface area contributed by atoms with Gasteiger partial charge in [0.25, 0.3) is 5.56 Å². The van der Waals surface area contributed by atoms with E-state index in [9.17, 15) is 9.59 Å². The SMILES string of the molecule is CNCc1ccc(Cl)cc1CNC(=O)Cc1c(C)ccn(CCc2ccccn2)c1=O. The lowest BCUT2D eigenvalue weighted by Crippen LogP contribution is -2.31. The molecule has 1 aromatic carbocycles. The van der Waals surface area contributed by atoms with Crippen LogP contribution in [0.3, 0.4) is 0 Å². The highest BCUT2D eigenvalue weighted by molar-refractivity contribution is 6.30. The van der Waals surface area contributed by atoms with Crippen LogP contribution in [-0.4, -0.2) is 22.5 Å². The molecule has 0 unspecified atom stereocenters. The van der Waals surface area contributed by atoms with Gasteiger partial charge < -0.3 is 15.2 Å². The van der Waals surface area contributed by atoms with E-state index < -0.39 is 0 Å². The molecule has 1 amide bonds. The molecule has 0 fully saturated rings. The number of nitrogens with one attached hydrogen (secondary N) is 2. The Morgan fingerprint density at radius 2 is 1.97 bits per heavy atom. The van der Waals surface area contributed by atoms with Crippen molar-refractivity contribution in [3.63, 3.8) is 0 Å². The van der Waals surface area contributed by atoms with Gasteiger partial charge in [-0.25, -0.2) is 0 Å². The second-order valence-corrected chi connectivity index (χ2v) is 7.88. The van der Waals surface area contributed by atoms with Crippen LogP contribution in [0.5, 0.6) is 0 Å². The summed E-state index contributed by atoms with van der Waals surface area (Å²) in [7, 11) is 1.87. The van der Waals surface area contributed by atoms with Crippen molar-refractivity contribution in [1.29, 1.82) is 0 Å². The molecule has 2 heterocycles. The summed E-state index contributed by atoms with van der Waals surface area (Å²) in [6.07, 6.45) is 4.21. The molecule has 0 radical (unpaired) electrons. The van der Waals surface area contributed by atoms with E-state index in [1.54, 1.807) is 17.0 Å². The first-order valence-electron chi connectivity index (χ1n) is 10.3. The van der Waals surface area contributed by atoms with E-state index in [-0.39, 0.29) is 17.9 Å². The van der Waals surface area contributed by atoms with Gasteiger partial charge in [-0.15, -0.1) is 0 Å². The molecule has 0 aliphatic rings. The smallest absolute Gasteiger partial charge is 0.254 e. The number of hydrogen-bond donors (Lipinski definition) is 2. The highest BCUT2D eigenvalue weighted by Crippen LogP contribution is 2.16. The van der Waals surface area contributed by atoms with Crippen LogP contribution in [0.1, 0.15) is 27.9 Å². The van der Waals surface area contributed by atoms with E-state index in [0.717, 1.165) is 22.4 Å². The monoisotopic (exact) mass is 438 g/mol. The Morgan fingerprint density at radius 3 is 2.71 bits per heavy atom. The van der Waals surface area contributed by atoms with Crippen LogP contribution in [0.15, 0.2) is 59.7 Å². The molecule has 7 heteroatoms. The number of pyridine rings is 2. The summed E-state index contributed by atoms with van der Waals surface area (Å²) < 4.78 is 1.65. The maximum Gasteiger partial charge on any atom is 0.254 e. The Hall–Kier alpha value is -2.96. The van der Waals surface area contributed by atoms with Crippen molar-refractivity contribution in [3.05, 3.63) is 98.2 Å². The van der Waals surface area contributed by atoms with Crippen LogP contribution in [0.25, 0.3) is 0 Å². The normalized spacial score (nSPS) is 10.8. The molecule has 6 nitrogen and oxygen atoms in total. The summed E-state index contributed by atoms with van der Waals surface area (Å²) in [5, 5.41) is 6.66. The zero-order valence-corrected chi connectivity index (χ0v) is 18.6. The third-order valence-electron chi connectivity index (χ3n) is 5.18. The molecule has 162 valence electrons. The molecule has 0 bridgehead atoms. The van der Waals surface area contributed by atoms with Crippen molar-refractivity contribution in [3.8, 4) is 0 Å². The summed E-state index contributed by atoms with van der Waals surface area (Å²) in [6.45, 7) is 3.41. The van der Waals surface area contributed by atoms with Crippen molar-refractivity contribution < 1.29 is 4.79 Å². The van der Waals surface area contributed by atoms with Gasteiger partial charge >= 0.3 is 0 Å². The maximum absolute atomic E-state index is 12.9. The lowest BCUT2D eigenvalue weighted by Gasteiger charge is -2.13. The van der Waals surface area contributed by atoms with E-state index in [2.05, 4.69) is 15.6 Å². The minimum atomic E-state index is -0.196. The van der Waals surface area contributed by atoms with Crippen molar-refractivity contribution in [2.24, 2.45) is 0 Å². The number of amides is 1. The second-order valence-electron chi connectivity index (χ2n) is 7.44. The van der Waals surface area contributed by atoms with Crippen molar-refractivity contribution >= 4 is 17.5 Å². The van der Waals surface area contributed by atoms with E-state index in [0.29, 0.717) is 36.6 Å². The summed E-state index contributed by atoms with van der Waals surface area (Å²) >= 11 is 6.11. The molecule has 0 aliphatic heterocycles. The highest BCUT2D eigenvalue weighted by atomic mass is 35.5. The van der Waals surface area contributed by atoms with Crippen LogP contribution in [0.4, 0.5) is 0 Å². The lowest BCUT2D eigenvalue weighted by atomic mass is 10.1. The van der Waals surface area contributed by atoms with E-state index in [4.69, 9.17) is 11.6 Å². The van der Waals surface area contributed by atoms with Crippen LogP contribution in [0.2, 0.25) is 5.02 Å². The predicted molar refractivity (Wildman–Crippen MR) is 123 cm³/mol. The van der Waals surface area contributed by atoms with Gasteiger partial charge in [-0.05, 0) is 61.0 Å².